The summed E-state index contributed by atoms with van der Waals surface area (Å²) in [5.74, 6) is -2.70. The first-order chi connectivity index (χ1) is 12.9. The second-order valence-corrected chi connectivity index (χ2v) is 5.86. The zero-order valence-corrected chi connectivity index (χ0v) is 14.2. The van der Waals surface area contributed by atoms with Crippen LogP contribution in [-0.2, 0) is 25.7 Å². The van der Waals surface area contributed by atoms with Crippen molar-refractivity contribution in [3.8, 4) is 0 Å². The van der Waals surface area contributed by atoms with Gasteiger partial charge in [-0.15, -0.1) is 0 Å². The van der Waals surface area contributed by atoms with E-state index in [-0.39, 0.29) is 19.6 Å². The molecule has 1 heterocycles. The van der Waals surface area contributed by atoms with Crippen LogP contribution >= 0.6 is 0 Å². The Kier molecular flexibility index (Phi) is 7.21. The molecule has 3 amide bonds. The summed E-state index contributed by atoms with van der Waals surface area (Å²) >= 11 is 0. The van der Waals surface area contributed by atoms with Crippen LogP contribution in [0.5, 0.6) is 0 Å². The van der Waals surface area contributed by atoms with Gasteiger partial charge in [-0.05, 0) is 12.0 Å². The van der Waals surface area contributed by atoms with Crippen LogP contribution in [0.1, 0.15) is 18.4 Å². The summed E-state index contributed by atoms with van der Waals surface area (Å²) in [5.41, 5.74) is 0.682. The van der Waals surface area contributed by atoms with Crippen molar-refractivity contribution in [3.63, 3.8) is 0 Å². The molecular formula is C17H19F2N3O5. The van der Waals surface area contributed by atoms with Gasteiger partial charge in [0.25, 0.3) is 5.91 Å². The molecule has 1 aliphatic rings. The summed E-state index contributed by atoms with van der Waals surface area (Å²) in [6.07, 6.45) is -4.75. The van der Waals surface area contributed by atoms with Crippen LogP contribution in [0.2, 0.25) is 0 Å². The lowest BCUT2D eigenvalue weighted by molar-refractivity contribution is -0.142. The Morgan fingerprint density at radius 2 is 1.93 bits per heavy atom. The number of rotatable bonds is 7. The number of carbonyl (C=O) groups excluding carboxylic acids is 4. The molecule has 8 nitrogen and oxygen atoms in total. The normalized spacial score (nSPS) is 17.8. The maximum atomic E-state index is 12.8. The highest BCUT2D eigenvalue weighted by Crippen LogP contribution is 2.08. The van der Waals surface area contributed by atoms with Gasteiger partial charge in [0.1, 0.15) is 12.6 Å². The number of alkyl carbamates (subject to hydrolysis) is 1. The molecule has 0 radical (unpaired) electrons. The topological polar surface area (TPSA) is 114 Å². The van der Waals surface area contributed by atoms with E-state index in [2.05, 4.69) is 16.0 Å². The van der Waals surface area contributed by atoms with Crippen LogP contribution in [-0.4, -0.2) is 48.7 Å². The molecule has 1 aromatic carbocycles. The van der Waals surface area contributed by atoms with Crippen molar-refractivity contribution in [2.45, 2.75) is 38.0 Å². The van der Waals surface area contributed by atoms with Gasteiger partial charge in [0.2, 0.25) is 18.1 Å². The van der Waals surface area contributed by atoms with Gasteiger partial charge in [0, 0.05) is 13.0 Å². The maximum absolute atomic E-state index is 12.8. The number of hydrogen-bond acceptors (Lipinski definition) is 5. The van der Waals surface area contributed by atoms with Crippen LogP contribution in [0.4, 0.5) is 13.6 Å². The minimum atomic E-state index is -2.87. The highest BCUT2D eigenvalue weighted by Gasteiger charge is 2.33. The maximum Gasteiger partial charge on any atom is 0.408 e. The predicted octanol–water partition coefficient (Wildman–Crippen LogP) is 0.510. The molecule has 1 aromatic rings. The van der Waals surface area contributed by atoms with E-state index >= 15 is 0 Å². The third-order valence-electron chi connectivity index (χ3n) is 3.81. The van der Waals surface area contributed by atoms with Gasteiger partial charge in [-0.1, -0.05) is 30.3 Å². The molecule has 27 heavy (non-hydrogen) atoms. The van der Waals surface area contributed by atoms with Crippen molar-refractivity contribution < 1.29 is 32.7 Å². The molecule has 3 N–H and O–H groups in total. The quantitative estimate of drug-likeness (QED) is 0.594. The van der Waals surface area contributed by atoms with E-state index < -0.39 is 48.6 Å². The van der Waals surface area contributed by atoms with Gasteiger partial charge in [0.05, 0.1) is 6.04 Å². The lowest BCUT2D eigenvalue weighted by atomic mass is 10.0. The molecule has 10 heteroatoms. The average molecular weight is 383 g/mol. The molecule has 146 valence electrons. The van der Waals surface area contributed by atoms with Gasteiger partial charge in [-0.25, -0.2) is 13.6 Å². The molecule has 0 spiro atoms. The van der Waals surface area contributed by atoms with Gasteiger partial charge in [-0.3, -0.25) is 14.4 Å². The molecule has 0 aliphatic carbocycles. The highest BCUT2D eigenvalue weighted by molar-refractivity contribution is 6.39. The van der Waals surface area contributed by atoms with Crippen molar-refractivity contribution in [2.24, 2.45) is 0 Å². The minimum Gasteiger partial charge on any atom is -0.445 e. The van der Waals surface area contributed by atoms with E-state index in [1.54, 1.807) is 30.3 Å². The SMILES string of the molecule is O=C(NC(CC(F)F)C(=O)NC1CCNC(=O)C1=O)OCc1ccccc1. The fourth-order valence-electron chi connectivity index (χ4n) is 2.43. The fourth-order valence-corrected chi connectivity index (χ4v) is 2.43. The number of ketones is 1. The summed E-state index contributed by atoms with van der Waals surface area (Å²) in [6, 6.07) is 5.94. The van der Waals surface area contributed by atoms with Gasteiger partial charge in [-0.2, -0.15) is 0 Å². The summed E-state index contributed by atoms with van der Waals surface area (Å²) in [6.45, 7) is 0.0680. The van der Waals surface area contributed by atoms with E-state index in [9.17, 15) is 28.0 Å². The number of piperidine rings is 1. The number of ether oxygens (including phenoxy) is 1. The first-order valence-corrected chi connectivity index (χ1v) is 8.24. The smallest absolute Gasteiger partial charge is 0.408 e. The number of Topliss-reactive ketones (excluding diaryl/α,β-unsaturated/α-hetero) is 1. The molecular weight excluding hydrogens is 364 g/mol. The van der Waals surface area contributed by atoms with E-state index in [4.69, 9.17) is 4.74 Å². The number of halogens is 2. The van der Waals surface area contributed by atoms with Gasteiger partial charge >= 0.3 is 6.09 Å². The molecule has 1 fully saturated rings. The van der Waals surface area contributed by atoms with E-state index in [0.717, 1.165) is 0 Å². The summed E-state index contributed by atoms with van der Waals surface area (Å²) in [7, 11) is 0. The number of amides is 3. The molecule has 0 bridgehead atoms. The number of alkyl halides is 2. The Morgan fingerprint density at radius 1 is 1.22 bits per heavy atom. The minimum absolute atomic E-state index is 0.100. The van der Waals surface area contributed by atoms with E-state index in [1.807, 2.05) is 0 Å². The highest BCUT2D eigenvalue weighted by atomic mass is 19.3. The number of carbonyl (C=O) groups is 4. The Bertz CT molecular complexity index is 699. The van der Waals surface area contributed by atoms with Crippen molar-refractivity contribution in [3.05, 3.63) is 35.9 Å². The first kappa shape index (κ1) is 20.3. The zero-order chi connectivity index (χ0) is 19.8. The summed E-state index contributed by atoms with van der Waals surface area (Å²) in [4.78, 5) is 47.1. The molecule has 1 saturated heterocycles. The zero-order valence-electron chi connectivity index (χ0n) is 14.2. The Hall–Kier alpha value is -3.04. The monoisotopic (exact) mass is 383 g/mol. The second-order valence-electron chi connectivity index (χ2n) is 5.86. The molecule has 0 aromatic heterocycles. The summed E-state index contributed by atoms with van der Waals surface area (Å²) < 4.78 is 30.4. The Balaban J connectivity index is 1.92. The number of hydrogen-bond donors (Lipinski definition) is 3. The van der Waals surface area contributed by atoms with Crippen molar-refractivity contribution in [1.29, 1.82) is 0 Å². The Morgan fingerprint density at radius 3 is 2.59 bits per heavy atom. The van der Waals surface area contributed by atoms with Crippen LogP contribution < -0.4 is 16.0 Å². The third kappa shape index (κ3) is 6.32. The number of nitrogens with one attached hydrogen (secondary N) is 3. The molecule has 1 aliphatic heterocycles. The van der Waals surface area contributed by atoms with Gasteiger partial charge < -0.3 is 20.7 Å². The second kappa shape index (κ2) is 9.60. The standard InChI is InChI=1S/C17H19F2N3O5/c18-13(19)8-12(15(24)21-11-6-7-20-16(25)14(11)23)22-17(26)27-9-10-4-2-1-3-5-10/h1-5,11-13H,6-9H2,(H,20,25)(H,21,24)(H,22,26). The predicted molar refractivity (Wildman–Crippen MR) is 88.7 cm³/mol. The molecule has 0 saturated carbocycles. The third-order valence-corrected chi connectivity index (χ3v) is 3.81. The first-order valence-electron chi connectivity index (χ1n) is 8.24. The van der Waals surface area contributed by atoms with Crippen LogP contribution in [0, 0.1) is 0 Å². The largest absolute Gasteiger partial charge is 0.445 e. The van der Waals surface area contributed by atoms with Crippen LogP contribution in [0.3, 0.4) is 0 Å². The van der Waals surface area contributed by atoms with E-state index in [0.29, 0.717) is 5.56 Å². The fraction of sp³-hybridized carbons (Fsp3) is 0.412. The van der Waals surface area contributed by atoms with Crippen molar-refractivity contribution in [1.82, 2.24) is 16.0 Å². The van der Waals surface area contributed by atoms with Crippen molar-refractivity contribution >= 4 is 23.7 Å². The van der Waals surface area contributed by atoms with E-state index in [1.165, 1.54) is 0 Å². The van der Waals surface area contributed by atoms with Crippen LogP contribution in [0.25, 0.3) is 0 Å². The lowest BCUT2D eigenvalue weighted by Crippen LogP contribution is -2.57. The Labute approximate surface area is 153 Å². The summed E-state index contributed by atoms with van der Waals surface area (Å²) in [5, 5.41) is 6.61. The molecule has 2 unspecified atom stereocenters. The van der Waals surface area contributed by atoms with Gasteiger partial charge in [0.15, 0.2) is 0 Å². The van der Waals surface area contributed by atoms with Crippen molar-refractivity contribution in [2.75, 3.05) is 6.54 Å². The number of benzene rings is 1. The lowest BCUT2D eigenvalue weighted by Gasteiger charge is -2.24. The van der Waals surface area contributed by atoms with Crippen LogP contribution in [0.15, 0.2) is 30.3 Å². The average Bonchev–Trinajstić information content (AvgIpc) is 2.63. The molecule has 2 rings (SSSR count). The molecule has 2 atom stereocenters.